The number of aliphatic hydroxyl groups excluding tert-OH is 1. The van der Waals surface area contributed by atoms with Crippen LogP contribution in [0, 0.1) is 0 Å². The third-order valence-electron chi connectivity index (χ3n) is 5.75. The third-order valence-corrected chi connectivity index (χ3v) is 5.75. The molecule has 0 aliphatic heterocycles. The number of benzene rings is 2. The molecule has 0 amide bonds. The summed E-state index contributed by atoms with van der Waals surface area (Å²) in [6, 6.07) is 14.9. The lowest BCUT2D eigenvalue weighted by Crippen LogP contribution is -2.23. The van der Waals surface area contributed by atoms with Crippen molar-refractivity contribution in [1.82, 2.24) is 0 Å². The molecule has 0 radical (unpaired) electrons. The Morgan fingerprint density at radius 3 is 2.82 bits per heavy atom. The maximum atomic E-state index is 9.00. The summed E-state index contributed by atoms with van der Waals surface area (Å²) >= 11 is 0. The van der Waals surface area contributed by atoms with Crippen molar-refractivity contribution in [3.05, 3.63) is 64.7 Å². The topological polar surface area (TPSA) is 64.7 Å². The molecule has 0 heterocycles. The van der Waals surface area contributed by atoms with E-state index >= 15 is 0 Å². The number of fused-ring (bicyclic) bond motifs is 1. The largest absolute Gasteiger partial charge is 0.497 e. The van der Waals surface area contributed by atoms with Gasteiger partial charge in [0.2, 0.25) is 0 Å². The first-order valence-corrected chi connectivity index (χ1v) is 10.4. The smallest absolute Gasteiger partial charge is 0.119 e. The number of rotatable bonds is 10. The third kappa shape index (κ3) is 5.57. The van der Waals surface area contributed by atoms with Gasteiger partial charge in [0.15, 0.2) is 0 Å². The molecule has 28 heavy (non-hydrogen) atoms. The SMILES string of the molecule is COc1cccc(CO[C@H]2CCc3cc([C@H](CN)CCCCO)ccc3C2)c1. The average molecular weight is 384 g/mol. The molecular weight excluding hydrogens is 350 g/mol. The van der Waals surface area contributed by atoms with Gasteiger partial charge in [-0.05, 0) is 79.0 Å². The summed E-state index contributed by atoms with van der Waals surface area (Å²) in [5, 5.41) is 9.00. The molecule has 0 aromatic heterocycles. The van der Waals surface area contributed by atoms with Crippen LogP contribution in [0.15, 0.2) is 42.5 Å². The second-order valence-electron chi connectivity index (χ2n) is 7.71. The van der Waals surface area contributed by atoms with Gasteiger partial charge >= 0.3 is 0 Å². The van der Waals surface area contributed by atoms with Crippen molar-refractivity contribution in [3.8, 4) is 5.75 Å². The van der Waals surface area contributed by atoms with Gasteiger partial charge in [-0.3, -0.25) is 0 Å². The summed E-state index contributed by atoms with van der Waals surface area (Å²) < 4.78 is 11.5. The summed E-state index contributed by atoms with van der Waals surface area (Å²) in [6.07, 6.45) is 6.26. The second-order valence-corrected chi connectivity index (χ2v) is 7.71. The van der Waals surface area contributed by atoms with Gasteiger partial charge in [-0.1, -0.05) is 36.8 Å². The molecule has 1 aliphatic carbocycles. The van der Waals surface area contributed by atoms with E-state index in [9.17, 15) is 0 Å². The van der Waals surface area contributed by atoms with E-state index in [0.717, 1.165) is 49.8 Å². The Hall–Kier alpha value is -1.88. The molecule has 0 saturated carbocycles. The van der Waals surface area contributed by atoms with Crippen LogP contribution in [0.25, 0.3) is 0 Å². The molecule has 2 atom stereocenters. The van der Waals surface area contributed by atoms with Crippen LogP contribution in [0.5, 0.6) is 5.75 Å². The maximum Gasteiger partial charge on any atom is 0.119 e. The lowest BCUT2D eigenvalue weighted by molar-refractivity contribution is 0.0318. The number of hydrogen-bond acceptors (Lipinski definition) is 4. The van der Waals surface area contributed by atoms with Crippen LogP contribution in [0.2, 0.25) is 0 Å². The highest BCUT2D eigenvalue weighted by Gasteiger charge is 2.21. The molecule has 0 saturated heterocycles. The van der Waals surface area contributed by atoms with E-state index < -0.39 is 0 Å². The molecule has 0 fully saturated rings. The number of methoxy groups -OCH3 is 1. The summed E-state index contributed by atoms with van der Waals surface area (Å²) in [6.45, 7) is 1.55. The van der Waals surface area contributed by atoms with Crippen molar-refractivity contribution in [2.75, 3.05) is 20.3 Å². The highest BCUT2D eigenvalue weighted by atomic mass is 16.5. The van der Waals surface area contributed by atoms with Crippen LogP contribution in [-0.2, 0) is 24.2 Å². The van der Waals surface area contributed by atoms with E-state index in [4.69, 9.17) is 20.3 Å². The van der Waals surface area contributed by atoms with Gasteiger partial charge in [-0.2, -0.15) is 0 Å². The molecule has 0 spiro atoms. The number of unbranched alkanes of at least 4 members (excludes halogenated alkanes) is 1. The van der Waals surface area contributed by atoms with E-state index in [-0.39, 0.29) is 12.7 Å². The predicted molar refractivity (Wildman–Crippen MR) is 113 cm³/mol. The van der Waals surface area contributed by atoms with E-state index in [1.807, 2.05) is 18.2 Å². The van der Waals surface area contributed by atoms with E-state index in [1.54, 1.807) is 7.11 Å². The van der Waals surface area contributed by atoms with Crippen molar-refractivity contribution < 1.29 is 14.6 Å². The highest BCUT2D eigenvalue weighted by molar-refractivity contribution is 5.36. The van der Waals surface area contributed by atoms with Gasteiger partial charge in [0, 0.05) is 6.61 Å². The number of nitrogens with two attached hydrogens (primary N) is 1. The average Bonchev–Trinajstić information content (AvgIpc) is 2.75. The van der Waals surface area contributed by atoms with Crippen molar-refractivity contribution in [1.29, 1.82) is 0 Å². The molecule has 3 rings (SSSR count). The first-order chi connectivity index (χ1) is 13.7. The fraction of sp³-hybridized carbons (Fsp3) is 0.500. The number of aryl methyl sites for hydroxylation is 1. The van der Waals surface area contributed by atoms with Gasteiger partial charge in [0.25, 0.3) is 0 Å². The normalized spacial score (nSPS) is 17.2. The Bertz CT molecular complexity index is 746. The lowest BCUT2D eigenvalue weighted by Gasteiger charge is -2.26. The van der Waals surface area contributed by atoms with Crippen molar-refractivity contribution in [3.63, 3.8) is 0 Å². The zero-order chi connectivity index (χ0) is 19.8. The molecule has 0 bridgehead atoms. The van der Waals surface area contributed by atoms with Gasteiger partial charge < -0.3 is 20.3 Å². The molecule has 4 heteroatoms. The van der Waals surface area contributed by atoms with E-state index in [2.05, 4.69) is 24.3 Å². The Labute approximate surface area is 168 Å². The first-order valence-electron chi connectivity index (χ1n) is 10.4. The van der Waals surface area contributed by atoms with E-state index in [0.29, 0.717) is 19.1 Å². The Balaban J connectivity index is 1.57. The summed E-state index contributed by atoms with van der Waals surface area (Å²) in [5.74, 6) is 1.26. The molecule has 3 N–H and O–H groups in total. The van der Waals surface area contributed by atoms with Crippen LogP contribution in [0.4, 0.5) is 0 Å². The van der Waals surface area contributed by atoms with Crippen LogP contribution >= 0.6 is 0 Å². The summed E-state index contributed by atoms with van der Waals surface area (Å²) in [7, 11) is 1.69. The zero-order valence-electron chi connectivity index (χ0n) is 16.9. The predicted octanol–water partition coefficient (Wildman–Crippen LogP) is 3.97. The minimum absolute atomic E-state index is 0.263. The lowest BCUT2D eigenvalue weighted by atomic mass is 9.85. The van der Waals surface area contributed by atoms with Gasteiger partial charge in [-0.25, -0.2) is 0 Å². The molecule has 2 aromatic rings. The van der Waals surface area contributed by atoms with Crippen LogP contribution in [0.1, 0.15) is 53.9 Å². The monoisotopic (exact) mass is 383 g/mol. The van der Waals surface area contributed by atoms with Crippen LogP contribution in [0.3, 0.4) is 0 Å². The summed E-state index contributed by atoms with van der Waals surface area (Å²) in [5.41, 5.74) is 11.3. The van der Waals surface area contributed by atoms with Crippen molar-refractivity contribution >= 4 is 0 Å². The standard InChI is InChI=1S/C24H33NO3/c1-27-23-7-4-5-18(13-23)17-28-24-11-10-19-14-20(8-9-21(19)15-24)22(16-25)6-2-3-12-26/h4-5,7-9,13-14,22,24,26H,2-3,6,10-12,15-17,25H2,1H3/t22-,24-/m0/s1. The fourth-order valence-corrected chi connectivity index (χ4v) is 4.04. The molecule has 2 aromatic carbocycles. The first kappa shape index (κ1) is 20.8. The van der Waals surface area contributed by atoms with Crippen molar-refractivity contribution in [2.45, 2.75) is 57.2 Å². The summed E-state index contributed by atoms with van der Waals surface area (Å²) in [4.78, 5) is 0. The molecule has 152 valence electrons. The molecule has 4 nitrogen and oxygen atoms in total. The highest BCUT2D eigenvalue weighted by Crippen LogP contribution is 2.29. The number of aliphatic hydroxyl groups is 1. The van der Waals surface area contributed by atoms with Gasteiger partial charge in [0.1, 0.15) is 5.75 Å². The molecule has 0 unspecified atom stereocenters. The quantitative estimate of drug-likeness (QED) is 0.609. The van der Waals surface area contributed by atoms with Gasteiger partial charge in [-0.15, -0.1) is 0 Å². The number of hydrogen-bond donors (Lipinski definition) is 2. The second kappa shape index (κ2) is 10.6. The maximum absolute atomic E-state index is 9.00. The Morgan fingerprint density at radius 1 is 1.14 bits per heavy atom. The number of ether oxygens (including phenoxy) is 2. The minimum atomic E-state index is 0.263. The Morgan fingerprint density at radius 2 is 2.04 bits per heavy atom. The Kier molecular flexibility index (Phi) is 7.90. The van der Waals surface area contributed by atoms with Crippen LogP contribution < -0.4 is 10.5 Å². The van der Waals surface area contributed by atoms with Gasteiger partial charge in [0.05, 0.1) is 19.8 Å². The van der Waals surface area contributed by atoms with E-state index in [1.165, 1.54) is 16.7 Å². The minimum Gasteiger partial charge on any atom is -0.497 e. The fourth-order valence-electron chi connectivity index (χ4n) is 4.04. The van der Waals surface area contributed by atoms with Crippen molar-refractivity contribution in [2.24, 2.45) is 5.73 Å². The zero-order valence-corrected chi connectivity index (χ0v) is 16.9. The molecular formula is C24H33NO3. The molecule has 1 aliphatic rings. The van der Waals surface area contributed by atoms with Crippen LogP contribution in [-0.4, -0.2) is 31.5 Å².